The zero-order valence-corrected chi connectivity index (χ0v) is 20.2. The molecule has 1 aromatic heterocycles. The summed E-state index contributed by atoms with van der Waals surface area (Å²) >= 11 is 1.40. The maximum Gasteiger partial charge on any atom is 0.209 e. The Balaban J connectivity index is 1.51. The van der Waals surface area contributed by atoms with E-state index in [4.69, 9.17) is 9.47 Å². The number of benzene rings is 3. The van der Waals surface area contributed by atoms with Gasteiger partial charge in [0.25, 0.3) is 0 Å². The van der Waals surface area contributed by atoms with Gasteiger partial charge in [0.15, 0.2) is 23.0 Å². The van der Waals surface area contributed by atoms with Crippen LogP contribution in [-0.2, 0) is 0 Å². The summed E-state index contributed by atoms with van der Waals surface area (Å²) in [6, 6.07) is 18.2. The van der Waals surface area contributed by atoms with E-state index in [-0.39, 0.29) is 11.5 Å². The van der Waals surface area contributed by atoms with Crippen molar-refractivity contribution in [3.05, 3.63) is 77.2 Å². The maximum atomic E-state index is 10.4. The Morgan fingerprint density at radius 3 is 2.06 bits per heavy atom. The average molecular weight is 488 g/mol. The molecule has 7 nitrogen and oxygen atoms in total. The van der Waals surface area contributed by atoms with Gasteiger partial charge in [0.2, 0.25) is 5.13 Å². The van der Waals surface area contributed by atoms with Crippen molar-refractivity contribution >= 4 is 34.6 Å². The Morgan fingerprint density at radius 1 is 0.829 bits per heavy atom. The van der Waals surface area contributed by atoms with Gasteiger partial charge in [-0.1, -0.05) is 24.3 Å². The summed E-state index contributed by atoms with van der Waals surface area (Å²) in [5.74, 6) is 0.970. The Labute approximate surface area is 207 Å². The summed E-state index contributed by atoms with van der Waals surface area (Å²) in [6.45, 7) is 4.66. The minimum atomic E-state index is 0.0540. The van der Waals surface area contributed by atoms with Crippen LogP contribution in [0.25, 0.3) is 11.3 Å². The Hall–Kier alpha value is -4.17. The highest BCUT2D eigenvalue weighted by molar-refractivity contribution is 7.13. The summed E-state index contributed by atoms with van der Waals surface area (Å²) in [6.07, 6.45) is 3.18. The summed E-state index contributed by atoms with van der Waals surface area (Å²) < 4.78 is 10.8. The van der Waals surface area contributed by atoms with E-state index in [0.717, 1.165) is 16.9 Å². The van der Waals surface area contributed by atoms with Gasteiger partial charge in [-0.2, -0.15) is 0 Å². The number of phenolic OH excluding ortho intramolecular Hbond substituents is 2. The first-order chi connectivity index (χ1) is 17.1. The van der Waals surface area contributed by atoms with Crippen molar-refractivity contribution in [2.45, 2.75) is 13.8 Å². The molecule has 0 spiro atoms. The first-order valence-electron chi connectivity index (χ1n) is 11.1. The van der Waals surface area contributed by atoms with Gasteiger partial charge in [-0.3, -0.25) is 4.99 Å². The van der Waals surface area contributed by atoms with Crippen molar-refractivity contribution in [3.8, 4) is 34.3 Å². The molecular weight excluding hydrogens is 462 g/mol. The molecule has 8 heteroatoms. The molecule has 0 radical (unpaired) electrons. The van der Waals surface area contributed by atoms with E-state index in [1.165, 1.54) is 11.3 Å². The molecule has 0 unspecified atom stereocenters. The van der Waals surface area contributed by atoms with E-state index >= 15 is 0 Å². The standard InChI is InChI=1S/C27H25N3O4S/c1-3-33-23-12-6-9-19(25(23)31)15-28-21-11-5-8-18(14-21)22-17-35-27(30-22)29-16-20-10-7-13-24(26(20)32)34-4-2/h5-17,31-32H,3-4H2,1-2H3/b28-15?,29-16+. The smallest absolute Gasteiger partial charge is 0.209 e. The van der Waals surface area contributed by atoms with E-state index < -0.39 is 0 Å². The lowest BCUT2D eigenvalue weighted by atomic mass is 10.1. The number of hydrogen-bond donors (Lipinski definition) is 2. The fraction of sp³-hybridized carbons (Fsp3) is 0.148. The van der Waals surface area contributed by atoms with Gasteiger partial charge >= 0.3 is 0 Å². The van der Waals surface area contributed by atoms with Crippen molar-refractivity contribution in [1.82, 2.24) is 4.98 Å². The fourth-order valence-corrected chi connectivity index (χ4v) is 3.97. The number of para-hydroxylation sites is 2. The molecule has 0 bridgehead atoms. The van der Waals surface area contributed by atoms with Crippen LogP contribution in [0.15, 0.2) is 76.0 Å². The number of aliphatic imine (C=N–C) groups is 2. The molecule has 0 amide bonds. The third kappa shape index (κ3) is 5.85. The second-order valence-electron chi connectivity index (χ2n) is 7.34. The highest BCUT2D eigenvalue weighted by atomic mass is 32.1. The van der Waals surface area contributed by atoms with Gasteiger partial charge in [-0.25, -0.2) is 9.98 Å². The molecule has 2 N–H and O–H groups in total. The Bertz CT molecular complexity index is 1360. The highest BCUT2D eigenvalue weighted by Gasteiger charge is 2.08. The molecule has 178 valence electrons. The fourth-order valence-electron chi connectivity index (χ4n) is 3.30. The van der Waals surface area contributed by atoms with Gasteiger partial charge in [0.1, 0.15) is 0 Å². The predicted molar refractivity (Wildman–Crippen MR) is 141 cm³/mol. The normalized spacial score (nSPS) is 11.4. The second kappa shape index (κ2) is 11.3. The van der Waals surface area contributed by atoms with Crippen LogP contribution >= 0.6 is 11.3 Å². The molecule has 1 heterocycles. The first-order valence-corrected chi connectivity index (χ1v) is 12.0. The highest BCUT2D eigenvalue weighted by Crippen LogP contribution is 2.32. The number of nitrogens with zero attached hydrogens (tertiary/aromatic N) is 3. The van der Waals surface area contributed by atoms with Crippen LogP contribution in [0.5, 0.6) is 23.0 Å². The minimum Gasteiger partial charge on any atom is -0.504 e. The Morgan fingerprint density at radius 2 is 1.43 bits per heavy atom. The molecule has 3 aromatic carbocycles. The molecule has 0 saturated carbocycles. The lowest BCUT2D eigenvalue weighted by Crippen LogP contribution is -1.93. The molecule has 0 atom stereocenters. The third-order valence-corrected chi connectivity index (χ3v) is 5.71. The largest absolute Gasteiger partial charge is 0.504 e. The molecule has 0 aliphatic carbocycles. The number of rotatable bonds is 9. The van der Waals surface area contributed by atoms with Crippen molar-refractivity contribution < 1.29 is 19.7 Å². The number of thiazole rings is 1. The number of ether oxygens (including phenoxy) is 2. The SMILES string of the molecule is CCOc1cccc(C=Nc2cccc(-c3csc(/N=C/c4cccc(OCC)c4O)n3)c2)c1O. The van der Waals surface area contributed by atoms with Gasteiger partial charge < -0.3 is 19.7 Å². The third-order valence-electron chi connectivity index (χ3n) is 4.96. The van der Waals surface area contributed by atoms with Crippen LogP contribution < -0.4 is 9.47 Å². The van der Waals surface area contributed by atoms with Crippen LogP contribution in [0.2, 0.25) is 0 Å². The van der Waals surface area contributed by atoms with Gasteiger partial charge in [0, 0.05) is 34.5 Å². The quantitative estimate of drug-likeness (QED) is 0.262. The van der Waals surface area contributed by atoms with E-state index in [0.29, 0.717) is 41.0 Å². The molecule has 0 aliphatic heterocycles. The maximum absolute atomic E-state index is 10.4. The monoisotopic (exact) mass is 487 g/mol. The summed E-state index contributed by atoms with van der Waals surface area (Å²) in [7, 11) is 0. The number of aromatic hydroxyl groups is 2. The van der Waals surface area contributed by atoms with Crippen molar-refractivity contribution in [3.63, 3.8) is 0 Å². The summed E-state index contributed by atoms with van der Waals surface area (Å²) in [5, 5.41) is 23.2. The summed E-state index contributed by atoms with van der Waals surface area (Å²) in [5.41, 5.74) is 3.52. The molecule has 35 heavy (non-hydrogen) atoms. The second-order valence-corrected chi connectivity index (χ2v) is 8.17. The number of phenols is 2. The zero-order valence-electron chi connectivity index (χ0n) is 19.4. The van der Waals surface area contributed by atoms with Gasteiger partial charge in [-0.05, 0) is 50.2 Å². The van der Waals surface area contributed by atoms with E-state index in [1.54, 1.807) is 42.8 Å². The van der Waals surface area contributed by atoms with Gasteiger partial charge in [0.05, 0.1) is 24.6 Å². The van der Waals surface area contributed by atoms with E-state index in [1.807, 2.05) is 49.6 Å². The lowest BCUT2D eigenvalue weighted by Gasteiger charge is -2.07. The van der Waals surface area contributed by atoms with Crippen LogP contribution in [0, 0.1) is 0 Å². The molecular formula is C27H25N3O4S. The molecule has 4 aromatic rings. The van der Waals surface area contributed by atoms with Crippen molar-refractivity contribution in [1.29, 1.82) is 0 Å². The zero-order chi connectivity index (χ0) is 24.6. The van der Waals surface area contributed by atoms with E-state index in [9.17, 15) is 10.2 Å². The van der Waals surface area contributed by atoms with Crippen LogP contribution in [0.1, 0.15) is 25.0 Å². The molecule has 4 rings (SSSR count). The van der Waals surface area contributed by atoms with E-state index in [2.05, 4.69) is 15.0 Å². The van der Waals surface area contributed by atoms with Crippen LogP contribution in [0.4, 0.5) is 10.8 Å². The average Bonchev–Trinajstić information content (AvgIpc) is 3.35. The molecule has 0 fully saturated rings. The van der Waals surface area contributed by atoms with Crippen LogP contribution in [0.3, 0.4) is 0 Å². The predicted octanol–water partition coefficient (Wildman–Crippen LogP) is 6.52. The minimum absolute atomic E-state index is 0.0540. The topological polar surface area (TPSA) is 96.5 Å². The number of aromatic nitrogens is 1. The Kier molecular flexibility index (Phi) is 7.74. The van der Waals surface area contributed by atoms with Crippen molar-refractivity contribution in [2.24, 2.45) is 9.98 Å². The lowest BCUT2D eigenvalue weighted by molar-refractivity contribution is 0.318. The molecule has 0 aliphatic rings. The molecule has 0 saturated heterocycles. The first kappa shape index (κ1) is 24.0. The summed E-state index contributed by atoms with van der Waals surface area (Å²) in [4.78, 5) is 13.5. The van der Waals surface area contributed by atoms with Gasteiger partial charge in [-0.15, -0.1) is 11.3 Å². The van der Waals surface area contributed by atoms with Crippen LogP contribution in [-0.4, -0.2) is 40.8 Å². The number of hydrogen-bond acceptors (Lipinski definition) is 8. The van der Waals surface area contributed by atoms with Crippen molar-refractivity contribution in [2.75, 3.05) is 13.2 Å².